The Kier molecular flexibility index (Phi) is 48.5. The van der Waals surface area contributed by atoms with E-state index in [1.807, 2.05) is 0 Å². The summed E-state index contributed by atoms with van der Waals surface area (Å²) in [5, 5.41) is 0. The molecule has 1 atom stereocenters. The van der Waals surface area contributed by atoms with E-state index in [1.54, 1.807) is 0 Å². The van der Waals surface area contributed by atoms with E-state index in [9.17, 15) is 14.4 Å². The lowest BCUT2D eigenvalue weighted by molar-refractivity contribution is -0.167. The first-order valence-electron chi connectivity index (χ1n) is 26.1. The third-order valence-corrected chi connectivity index (χ3v) is 10.8. The Balaban J connectivity index is 4.47. The Bertz CT molecular complexity index is 1240. The summed E-state index contributed by atoms with van der Waals surface area (Å²) in [5.74, 6) is -0.953. The largest absolute Gasteiger partial charge is 0.462 e. The second-order valence-electron chi connectivity index (χ2n) is 17.1. The van der Waals surface area contributed by atoms with Crippen molar-refractivity contribution in [1.82, 2.24) is 0 Å². The van der Waals surface area contributed by atoms with Gasteiger partial charge in [0.05, 0.1) is 0 Å². The topological polar surface area (TPSA) is 78.9 Å². The van der Waals surface area contributed by atoms with Gasteiger partial charge in [0.15, 0.2) is 6.10 Å². The van der Waals surface area contributed by atoms with Crippen LogP contribution in [0.5, 0.6) is 0 Å². The van der Waals surface area contributed by atoms with Gasteiger partial charge in [0, 0.05) is 19.3 Å². The molecule has 0 radical (unpaired) electrons. The van der Waals surface area contributed by atoms with E-state index in [-0.39, 0.29) is 31.1 Å². The molecule has 0 N–H and O–H groups in total. The first kappa shape index (κ1) is 59.6. The molecule has 63 heavy (non-hydrogen) atoms. The lowest BCUT2D eigenvalue weighted by Crippen LogP contribution is -2.30. The highest BCUT2D eigenvalue weighted by Gasteiger charge is 2.19. The van der Waals surface area contributed by atoms with Crippen LogP contribution in [0, 0.1) is 0 Å². The molecule has 0 heterocycles. The van der Waals surface area contributed by atoms with Gasteiger partial charge in [-0.15, -0.1) is 0 Å². The number of carbonyl (C=O) groups excluding carboxylic acids is 3. The molecule has 0 aliphatic carbocycles. The molecule has 0 aromatic carbocycles. The number of esters is 3. The van der Waals surface area contributed by atoms with Crippen LogP contribution in [-0.4, -0.2) is 37.2 Å². The molecule has 0 spiro atoms. The maximum Gasteiger partial charge on any atom is 0.306 e. The van der Waals surface area contributed by atoms with Crippen molar-refractivity contribution < 1.29 is 28.6 Å². The van der Waals surface area contributed by atoms with Crippen molar-refractivity contribution >= 4 is 17.9 Å². The summed E-state index contributed by atoms with van der Waals surface area (Å²) in [7, 11) is 0. The highest BCUT2D eigenvalue weighted by molar-refractivity contribution is 5.71. The smallest absolute Gasteiger partial charge is 0.306 e. The number of allylic oxidation sites excluding steroid dienone is 14. The average Bonchev–Trinajstić information content (AvgIpc) is 3.28. The summed E-state index contributed by atoms with van der Waals surface area (Å²) in [4.78, 5) is 38.0. The van der Waals surface area contributed by atoms with Gasteiger partial charge in [0.2, 0.25) is 0 Å². The van der Waals surface area contributed by atoms with E-state index in [4.69, 9.17) is 14.2 Å². The molecule has 0 unspecified atom stereocenters. The van der Waals surface area contributed by atoms with Gasteiger partial charge in [-0.3, -0.25) is 14.4 Å². The third kappa shape index (κ3) is 49.5. The van der Waals surface area contributed by atoms with E-state index in [1.165, 1.54) is 77.0 Å². The minimum atomic E-state index is -0.801. The fourth-order valence-electron chi connectivity index (χ4n) is 6.85. The van der Waals surface area contributed by atoms with Crippen LogP contribution in [0.3, 0.4) is 0 Å². The first-order valence-corrected chi connectivity index (χ1v) is 26.1. The molecule has 0 fully saturated rings. The lowest BCUT2D eigenvalue weighted by atomic mass is 10.1. The fraction of sp³-hybridized carbons (Fsp3) is 0.702. The molecule has 0 aliphatic rings. The predicted octanol–water partition coefficient (Wildman–Crippen LogP) is 17.2. The molecule has 6 nitrogen and oxygen atoms in total. The molecule has 0 aromatic heterocycles. The lowest BCUT2D eigenvalue weighted by Gasteiger charge is -2.18. The van der Waals surface area contributed by atoms with Gasteiger partial charge >= 0.3 is 17.9 Å². The zero-order chi connectivity index (χ0) is 45.8. The van der Waals surface area contributed by atoms with Crippen LogP contribution in [0.15, 0.2) is 85.1 Å². The highest BCUT2D eigenvalue weighted by atomic mass is 16.6. The zero-order valence-corrected chi connectivity index (χ0v) is 41.1. The second kappa shape index (κ2) is 51.2. The summed E-state index contributed by atoms with van der Waals surface area (Å²) < 4.78 is 16.7. The molecule has 0 saturated heterocycles. The molecule has 6 heteroatoms. The Labute approximate surface area is 388 Å². The first-order chi connectivity index (χ1) is 31.0. The van der Waals surface area contributed by atoms with Crippen LogP contribution < -0.4 is 0 Å². The Morgan fingerprint density at radius 3 is 0.952 bits per heavy atom. The summed E-state index contributed by atoms with van der Waals surface area (Å²) >= 11 is 0. The van der Waals surface area contributed by atoms with E-state index >= 15 is 0 Å². The van der Waals surface area contributed by atoms with Gasteiger partial charge in [-0.05, 0) is 116 Å². The number of ether oxygens (including phenoxy) is 3. The monoisotopic (exact) mass is 877 g/mol. The van der Waals surface area contributed by atoms with Crippen molar-refractivity contribution in [3.05, 3.63) is 85.1 Å². The van der Waals surface area contributed by atoms with Crippen LogP contribution in [0.4, 0.5) is 0 Å². The van der Waals surface area contributed by atoms with Gasteiger partial charge in [-0.25, -0.2) is 0 Å². The SMILES string of the molecule is CCCC/C=C\CCCCCCCC(=O)OC[C@H](COC(=O)CCCCCC/C=C\C/C=C\C/C=C\CCCCC)OC(=O)CCCCCC/C=C\C/C=C\C/C=C\CCCCC. The number of hydrogen-bond donors (Lipinski definition) is 0. The molecule has 0 saturated carbocycles. The molecular weight excluding hydrogens is 781 g/mol. The van der Waals surface area contributed by atoms with Crippen LogP contribution in [0.25, 0.3) is 0 Å². The molecule has 0 rings (SSSR count). The van der Waals surface area contributed by atoms with Crippen molar-refractivity contribution in [2.45, 2.75) is 245 Å². The number of hydrogen-bond acceptors (Lipinski definition) is 6. The van der Waals surface area contributed by atoms with Gasteiger partial charge in [-0.1, -0.05) is 189 Å². The van der Waals surface area contributed by atoms with Crippen LogP contribution >= 0.6 is 0 Å². The van der Waals surface area contributed by atoms with Gasteiger partial charge in [0.25, 0.3) is 0 Å². The van der Waals surface area contributed by atoms with Crippen LogP contribution in [0.2, 0.25) is 0 Å². The molecule has 0 aromatic rings. The van der Waals surface area contributed by atoms with E-state index in [0.717, 1.165) is 122 Å². The molecule has 0 aliphatic heterocycles. The minimum absolute atomic E-state index is 0.0982. The van der Waals surface area contributed by atoms with E-state index in [2.05, 4.69) is 106 Å². The number of carbonyl (C=O) groups is 3. The average molecular weight is 877 g/mol. The maximum atomic E-state index is 12.8. The van der Waals surface area contributed by atoms with Crippen LogP contribution in [-0.2, 0) is 28.6 Å². The summed E-state index contributed by atoms with van der Waals surface area (Å²) in [6, 6.07) is 0. The predicted molar refractivity (Wildman–Crippen MR) is 270 cm³/mol. The van der Waals surface area contributed by atoms with Gasteiger partial charge in [0.1, 0.15) is 13.2 Å². The molecule has 360 valence electrons. The maximum absolute atomic E-state index is 12.8. The minimum Gasteiger partial charge on any atom is -0.462 e. The van der Waals surface area contributed by atoms with Crippen LogP contribution in [0.1, 0.15) is 239 Å². The van der Waals surface area contributed by atoms with Gasteiger partial charge < -0.3 is 14.2 Å². The van der Waals surface area contributed by atoms with Crippen molar-refractivity contribution in [2.75, 3.05) is 13.2 Å². The van der Waals surface area contributed by atoms with Crippen molar-refractivity contribution in [1.29, 1.82) is 0 Å². The summed E-state index contributed by atoms with van der Waals surface area (Å²) in [6.45, 7) is 6.49. The van der Waals surface area contributed by atoms with Crippen molar-refractivity contribution in [3.8, 4) is 0 Å². The normalized spacial score (nSPS) is 12.7. The number of rotatable bonds is 46. The van der Waals surface area contributed by atoms with Gasteiger partial charge in [-0.2, -0.15) is 0 Å². The standard InChI is InChI=1S/C57H96O6/c1-4-7-10-13-16-19-22-24-26-28-30-32-35-38-41-44-47-50-56(59)62-53-54(52-61-55(58)49-46-43-40-37-34-21-18-15-12-9-6-3)63-57(60)51-48-45-42-39-36-33-31-29-27-25-23-20-17-14-11-8-5-2/h15-20,24-27,30-33,54H,4-14,21-23,28-29,34-53H2,1-3H3/b18-15-,19-16-,20-17-,26-24-,27-25-,32-30-,33-31-/t54-/m1/s1. The third-order valence-electron chi connectivity index (χ3n) is 10.8. The van der Waals surface area contributed by atoms with E-state index in [0.29, 0.717) is 19.3 Å². The Hall–Kier alpha value is -3.41. The summed E-state index contributed by atoms with van der Waals surface area (Å²) in [5.41, 5.74) is 0. The fourth-order valence-corrected chi connectivity index (χ4v) is 6.85. The highest BCUT2D eigenvalue weighted by Crippen LogP contribution is 2.13. The van der Waals surface area contributed by atoms with E-state index < -0.39 is 6.10 Å². The molecular formula is C57H96O6. The Morgan fingerprint density at radius 1 is 0.317 bits per heavy atom. The Morgan fingerprint density at radius 2 is 0.587 bits per heavy atom. The second-order valence-corrected chi connectivity index (χ2v) is 17.1. The molecule has 0 bridgehead atoms. The molecule has 0 amide bonds. The van der Waals surface area contributed by atoms with Crippen molar-refractivity contribution in [2.24, 2.45) is 0 Å². The van der Waals surface area contributed by atoms with Crippen molar-refractivity contribution in [3.63, 3.8) is 0 Å². The number of unbranched alkanes of at least 4 members (excludes halogenated alkanes) is 21. The summed E-state index contributed by atoms with van der Waals surface area (Å²) in [6.07, 6.45) is 65.6. The quantitative estimate of drug-likeness (QED) is 0.0262. The zero-order valence-electron chi connectivity index (χ0n) is 41.1.